The van der Waals surface area contributed by atoms with Crippen molar-refractivity contribution in [2.24, 2.45) is 11.7 Å². The Kier molecular flexibility index (Phi) is 4.78. The van der Waals surface area contributed by atoms with E-state index in [2.05, 4.69) is 28.7 Å². The molecule has 4 nitrogen and oxygen atoms in total. The van der Waals surface area contributed by atoms with E-state index in [1.807, 2.05) is 12.5 Å². The summed E-state index contributed by atoms with van der Waals surface area (Å²) in [6, 6.07) is 0.868. The molecule has 1 aromatic heterocycles. The highest BCUT2D eigenvalue weighted by Crippen LogP contribution is 2.26. The van der Waals surface area contributed by atoms with Gasteiger partial charge < -0.3 is 15.6 Å². The molecule has 18 heavy (non-hydrogen) atoms. The van der Waals surface area contributed by atoms with Crippen LogP contribution in [0.25, 0.3) is 0 Å². The summed E-state index contributed by atoms with van der Waals surface area (Å²) in [5.41, 5.74) is 7.17. The second-order valence-corrected chi connectivity index (χ2v) is 5.58. The molecule has 0 aliphatic heterocycles. The average molecular weight is 250 g/mol. The van der Waals surface area contributed by atoms with Crippen LogP contribution >= 0.6 is 0 Å². The topological polar surface area (TPSA) is 55.9 Å². The molecule has 0 saturated heterocycles. The summed E-state index contributed by atoms with van der Waals surface area (Å²) < 4.78 is 2.23. The van der Waals surface area contributed by atoms with Crippen LogP contribution in [0.5, 0.6) is 0 Å². The maximum atomic E-state index is 5.94. The monoisotopic (exact) mass is 250 g/mol. The zero-order valence-electron chi connectivity index (χ0n) is 11.6. The first-order chi connectivity index (χ1) is 8.74. The van der Waals surface area contributed by atoms with Crippen LogP contribution in [-0.4, -0.2) is 22.1 Å². The molecular formula is C14H26N4. The third-order valence-electron chi connectivity index (χ3n) is 3.93. The SMILES string of the molecule is CCCn1cncc1C(CN)NC1CCC(C)C1. The number of aromatic nitrogens is 2. The number of aryl methyl sites for hydroxylation is 1. The third kappa shape index (κ3) is 3.12. The van der Waals surface area contributed by atoms with Crippen molar-refractivity contribution in [3.05, 3.63) is 18.2 Å². The van der Waals surface area contributed by atoms with Gasteiger partial charge in [-0.3, -0.25) is 0 Å². The quantitative estimate of drug-likeness (QED) is 0.812. The molecular weight excluding hydrogens is 224 g/mol. The van der Waals surface area contributed by atoms with Crippen LogP contribution in [-0.2, 0) is 6.54 Å². The zero-order valence-corrected chi connectivity index (χ0v) is 11.6. The van der Waals surface area contributed by atoms with Gasteiger partial charge in [0.2, 0.25) is 0 Å². The lowest BCUT2D eigenvalue weighted by atomic mass is 10.1. The average Bonchev–Trinajstić information content (AvgIpc) is 2.96. The van der Waals surface area contributed by atoms with E-state index in [-0.39, 0.29) is 6.04 Å². The highest BCUT2D eigenvalue weighted by molar-refractivity contribution is 5.07. The summed E-state index contributed by atoms with van der Waals surface area (Å²) in [5, 5.41) is 3.71. The standard InChI is InChI=1S/C14H26N4/c1-3-6-18-10-16-9-14(18)13(8-15)17-12-5-4-11(2)7-12/h9-13,17H,3-8,15H2,1-2H3. The van der Waals surface area contributed by atoms with Crippen molar-refractivity contribution in [1.82, 2.24) is 14.9 Å². The zero-order chi connectivity index (χ0) is 13.0. The van der Waals surface area contributed by atoms with Gasteiger partial charge in [-0.15, -0.1) is 0 Å². The maximum absolute atomic E-state index is 5.94. The van der Waals surface area contributed by atoms with E-state index in [9.17, 15) is 0 Å². The van der Waals surface area contributed by atoms with Gasteiger partial charge in [0.15, 0.2) is 0 Å². The Morgan fingerprint density at radius 3 is 3.00 bits per heavy atom. The summed E-state index contributed by atoms with van der Waals surface area (Å²) in [4.78, 5) is 4.27. The van der Waals surface area contributed by atoms with E-state index in [1.165, 1.54) is 25.0 Å². The second kappa shape index (κ2) is 6.34. The Balaban J connectivity index is 2.01. The van der Waals surface area contributed by atoms with E-state index in [0.29, 0.717) is 12.6 Å². The first kappa shape index (κ1) is 13.6. The molecule has 0 aromatic carbocycles. The first-order valence-electron chi connectivity index (χ1n) is 7.20. The fourth-order valence-corrected chi connectivity index (χ4v) is 2.97. The van der Waals surface area contributed by atoms with Gasteiger partial charge in [-0.2, -0.15) is 0 Å². The predicted molar refractivity (Wildman–Crippen MR) is 74.3 cm³/mol. The molecule has 102 valence electrons. The molecule has 1 aliphatic rings. The molecule has 1 heterocycles. The minimum atomic E-state index is 0.245. The van der Waals surface area contributed by atoms with E-state index in [1.54, 1.807) is 0 Å². The molecule has 3 atom stereocenters. The van der Waals surface area contributed by atoms with Gasteiger partial charge in [0.25, 0.3) is 0 Å². The van der Waals surface area contributed by atoms with Gasteiger partial charge in [-0.05, 0) is 31.6 Å². The molecule has 1 fully saturated rings. The third-order valence-corrected chi connectivity index (χ3v) is 3.93. The summed E-state index contributed by atoms with van der Waals surface area (Å²) in [5.74, 6) is 0.849. The molecule has 0 radical (unpaired) electrons. The van der Waals surface area contributed by atoms with Crippen molar-refractivity contribution >= 4 is 0 Å². The maximum Gasteiger partial charge on any atom is 0.0948 e. The Morgan fingerprint density at radius 1 is 1.56 bits per heavy atom. The Morgan fingerprint density at radius 2 is 2.39 bits per heavy atom. The number of hydrogen-bond acceptors (Lipinski definition) is 3. The van der Waals surface area contributed by atoms with E-state index < -0.39 is 0 Å². The molecule has 0 spiro atoms. The fraction of sp³-hybridized carbons (Fsp3) is 0.786. The first-order valence-corrected chi connectivity index (χ1v) is 7.20. The molecule has 2 rings (SSSR count). The second-order valence-electron chi connectivity index (χ2n) is 5.58. The van der Waals surface area contributed by atoms with Crippen LogP contribution in [0.1, 0.15) is 51.3 Å². The lowest BCUT2D eigenvalue weighted by molar-refractivity contribution is 0.416. The van der Waals surface area contributed by atoms with Crippen LogP contribution in [0, 0.1) is 5.92 Å². The van der Waals surface area contributed by atoms with Gasteiger partial charge in [0, 0.05) is 25.3 Å². The summed E-state index contributed by atoms with van der Waals surface area (Å²) in [6.07, 6.45) is 8.89. The molecule has 1 aromatic rings. The lowest BCUT2D eigenvalue weighted by Gasteiger charge is -2.23. The summed E-state index contributed by atoms with van der Waals surface area (Å²) in [7, 11) is 0. The largest absolute Gasteiger partial charge is 0.333 e. The lowest BCUT2D eigenvalue weighted by Crippen LogP contribution is -2.36. The van der Waals surface area contributed by atoms with Crippen LogP contribution in [0.3, 0.4) is 0 Å². The van der Waals surface area contributed by atoms with Gasteiger partial charge in [-0.25, -0.2) is 4.98 Å². The van der Waals surface area contributed by atoms with Gasteiger partial charge in [0.05, 0.1) is 18.1 Å². The highest BCUT2D eigenvalue weighted by Gasteiger charge is 2.24. The molecule has 4 heteroatoms. The molecule has 1 aliphatic carbocycles. The van der Waals surface area contributed by atoms with Crippen LogP contribution in [0.2, 0.25) is 0 Å². The Bertz CT molecular complexity index is 360. The normalized spacial score (nSPS) is 25.5. The van der Waals surface area contributed by atoms with Crippen molar-refractivity contribution in [2.45, 2.75) is 58.2 Å². The minimum Gasteiger partial charge on any atom is -0.333 e. The van der Waals surface area contributed by atoms with Gasteiger partial charge in [-0.1, -0.05) is 13.8 Å². The molecule has 0 amide bonds. The van der Waals surface area contributed by atoms with Gasteiger partial charge in [0.1, 0.15) is 0 Å². The Hall–Kier alpha value is -0.870. The van der Waals surface area contributed by atoms with Crippen molar-refractivity contribution in [1.29, 1.82) is 0 Å². The van der Waals surface area contributed by atoms with Crippen molar-refractivity contribution in [3.8, 4) is 0 Å². The summed E-state index contributed by atoms with van der Waals surface area (Å²) in [6.45, 7) is 6.18. The smallest absolute Gasteiger partial charge is 0.0948 e. The molecule has 0 bridgehead atoms. The van der Waals surface area contributed by atoms with Crippen LogP contribution in [0.4, 0.5) is 0 Å². The predicted octanol–water partition coefficient (Wildman–Crippen LogP) is 2.07. The van der Waals surface area contributed by atoms with Gasteiger partial charge >= 0.3 is 0 Å². The fourth-order valence-electron chi connectivity index (χ4n) is 2.97. The highest BCUT2D eigenvalue weighted by atomic mass is 15.1. The number of imidazole rings is 1. The number of nitrogens with one attached hydrogen (secondary N) is 1. The van der Waals surface area contributed by atoms with E-state index in [4.69, 9.17) is 5.73 Å². The summed E-state index contributed by atoms with van der Waals surface area (Å²) >= 11 is 0. The number of hydrogen-bond donors (Lipinski definition) is 2. The van der Waals surface area contributed by atoms with Crippen molar-refractivity contribution in [3.63, 3.8) is 0 Å². The minimum absolute atomic E-state index is 0.245. The number of rotatable bonds is 6. The van der Waals surface area contributed by atoms with E-state index >= 15 is 0 Å². The van der Waals surface area contributed by atoms with Crippen LogP contribution < -0.4 is 11.1 Å². The number of nitrogens with zero attached hydrogens (tertiary/aromatic N) is 2. The van der Waals surface area contributed by atoms with Crippen LogP contribution in [0.15, 0.2) is 12.5 Å². The molecule has 1 saturated carbocycles. The van der Waals surface area contributed by atoms with E-state index in [0.717, 1.165) is 18.9 Å². The molecule has 3 unspecified atom stereocenters. The number of nitrogens with two attached hydrogens (primary N) is 1. The van der Waals surface area contributed by atoms with Crippen molar-refractivity contribution < 1.29 is 0 Å². The Labute approximate surface area is 110 Å². The van der Waals surface area contributed by atoms with Crippen molar-refractivity contribution in [2.75, 3.05) is 6.54 Å². The molecule has 3 N–H and O–H groups in total.